The number of carbonyl (C=O) groups excluding carboxylic acids is 1. The first-order valence-corrected chi connectivity index (χ1v) is 9.88. The molecular formula is C17H17NO5S2. The Morgan fingerprint density at radius 2 is 1.88 bits per heavy atom. The average Bonchev–Trinajstić information content (AvgIpc) is 2.61. The first kappa shape index (κ1) is 19.1. The van der Waals surface area contributed by atoms with Gasteiger partial charge in [-0.25, -0.2) is 4.79 Å². The fourth-order valence-corrected chi connectivity index (χ4v) is 4.15. The minimum Gasteiger partial charge on any atom is -0.429 e. The SMILES string of the molecule is CCCSSc1ccccc1COC(=O)Oc1ccc([N+](=O)[O-])cc1. The van der Waals surface area contributed by atoms with E-state index < -0.39 is 11.1 Å². The van der Waals surface area contributed by atoms with E-state index in [1.165, 1.54) is 24.3 Å². The van der Waals surface area contributed by atoms with Crippen molar-refractivity contribution in [3.05, 3.63) is 64.2 Å². The van der Waals surface area contributed by atoms with E-state index in [1.807, 2.05) is 24.3 Å². The van der Waals surface area contributed by atoms with Gasteiger partial charge >= 0.3 is 6.16 Å². The van der Waals surface area contributed by atoms with Crippen LogP contribution in [0, 0.1) is 10.1 Å². The first-order valence-electron chi connectivity index (χ1n) is 7.56. The fraction of sp³-hybridized carbons (Fsp3) is 0.235. The Morgan fingerprint density at radius 3 is 2.56 bits per heavy atom. The van der Waals surface area contributed by atoms with Gasteiger partial charge in [-0.05, 0) is 24.6 Å². The molecule has 8 heteroatoms. The van der Waals surface area contributed by atoms with Gasteiger partial charge in [0.2, 0.25) is 0 Å². The van der Waals surface area contributed by atoms with Crippen LogP contribution in [0.25, 0.3) is 0 Å². The Hall–Kier alpha value is -2.19. The number of carbonyl (C=O) groups is 1. The molecule has 132 valence electrons. The van der Waals surface area contributed by atoms with Gasteiger partial charge in [-0.3, -0.25) is 10.1 Å². The molecule has 0 N–H and O–H groups in total. The van der Waals surface area contributed by atoms with Gasteiger partial charge in [-0.1, -0.05) is 46.7 Å². The van der Waals surface area contributed by atoms with Crippen LogP contribution in [-0.4, -0.2) is 16.8 Å². The number of ether oxygens (including phenoxy) is 2. The second kappa shape index (κ2) is 9.95. The van der Waals surface area contributed by atoms with Crippen LogP contribution in [-0.2, 0) is 11.3 Å². The monoisotopic (exact) mass is 379 g/mol. The molecule has 0 radical (unpaired) electrons. The molecule has 6 nitrogen and oxygen atoms in total. The maximum Gasteiger partial charge on any atom is 0.514 e. The van der Waals surface area contributed by atoms with Crippen molar-refractivity contribution in [1.29, 1.82) is 0 Å². The molecule has 0 aliphatic heterocycles. The van der Waals surface area contributed by atoms with Gasteiger partial charge in [0.15, 0.2) is 0 Å². The Labute approximate surface area is 153 Å². The molecule has 0 aliphatic carbocycles. The molecule has 0 fully saturated rings. The Kier molecular flexibility index (Phi) is 7.62. The largest absolute Gasteiger partial charge is 0.514 e. The molecule has 0 amide bonds. The standard InChI is InChI=1S/C17H17NO5S2/c1-2-11-24-25-16-6-4-3-5-13(16)12-22-17(19)23-15-9-7-14(8-10-15)18(20)21/h3-10H,2,11-12H2,1H3. The van der Waals surface area contributed by atoms with E-state index >= 15 is 0 Å². The van der Waals surface area contributed by atoms with Crippen molar-refractivity contribution in [1.82, 2.24) is 0 Å². The maximum absolute atomic E-state index is 11.8. The predicted molar refractivity (Wildman–Crippen MR) is 99.0 cm³/mol. The van der Waals surface area contributed by atoms with Crippen molar-refractivity contribution >= 4 is 33.4 Å². The zero-order valence-corrected chi connectivity index (χ0v) is 15.2. The fourth-order valence-electron chi connectivity index (χ4n) is 1.79. The van der Waals surface area contributed by atoms with Crippen LogP contribution < -0.4 is 4.74 Å². The summed E-state index contributed by atoms with van der Waals surface area (Å²) in [6.07, 6.45) is 0.243. The normalized spacial score (nSPS) is 10.3. The van der Waals surface area contributed by atoms with E-state index in [1.54, 1.807) is 21.6 Å². The van der Waals surface area contributed by atoms with Gasteiger partial charge in [0.1, 0.15) is 12.4 Å². The number of hydrogen-bond donors (Lipinski definition) is 0. The van der Waals surface area contributed by atoms with E-state index in [2.05, 4.69) is 6.92 Å². The van der Waals surface area contributed by atoms with E-state index in [4.69, 9.17) is 9.47 Å². The summed E-state index contributed by atoms with van der Waals surface area (Å²) in [4.78, 5) is 22.9. The van der Waals surface area contributed by atoms with Crippen LogP contribution in [0.1, 0.15) is 18.9 Å². The molecule has 2 aromatic carbocycles. The third kappa shape index (κ3) is 6.32. The van der Waals surface area contributed by atoms with Crippen LogP contribution >= 0.6 is 21.6 Å². The lowest BCUT2D eigenvalue weighted by molar-refractivity contribution is -0.384. The van der Waals surface area contributed by atoms with Gasteiger partial charge in [-0.2, -0.15) is 0 Å². The van der Waals surface area contributed by atoms with E-state index in [-0.39, 0.29) is 18.0 Å². The molecule has 2 aromatic rings. The zero-order valence-electron chi connectivity index (χ0n) is 13.5. The molecule has 0 bridgehead atoms. The third-order valence-corrected chi connectivity index (χ3v) is 5.67. The quantitative estimate of drug-likeness (QED) is 0.150. The summed E-state index contributed by atoms with van der Waals surface area (Å²) in [5, 5.41) is 10.6. The van der Waals surface area contributed by atoms with Crippen molar-refractivity contribution in [2.24, 2.45) is 0 Å². The van der Waals surface area contributed by atoms with Crippen LogP contribution in [0.4, 0.5) is 10.5 Å². The number of benzene rings is 2. The van der Waals surface area contributed by atoms with Crippen LogP contribution in [0.3, 0.4) is 0 Å². The molecule has 0 saturated carbocycles. The second-order valence-corrected chi connectivity index (χ2v) is 7.36. The lowest BCUT2D eigenvalue weighted by Gasteiger charge is -2.09. The Bertz CT molecular complexity index is 721. The molecule has 0 atom stereocenters. The minimum atomic E-state index is -0.852. The zero-order chi connectivity index (χ0) is 18.1. The van der Waals surface area contributed by atoms with Crippen molar-refractivity contribution < 1.29 is 19.2 Å². The van der Waals surface area contributed by atoms with Crippen LogP contribution in [0.2, 0.25) is 0 Å². The van der Waals surface area contributed by atoms with Gasteiger partial charge < -0.3 is 9.47 Å². The minimum absolute atomic E-state index is 0.0729. The lowest BCUT2D eigenvalue weighted by Crippen LogP contribution is -2.10. The molecule has 0 spiro atoms. The number of nitro groups is 1. The number of rotatable bonds is 8. The molecular weight excluding hydrogens is 362 g/mol. The molecule has 0 aliphatic rings. The highest BCUT2D eigenvalue weighted by Crippen LogP contribution is 2.34. The van der Waals surface area contributed by atoms with E-state index in [0.29, 0.717) is 0 Å². The number of hydrogen-bond acceptors (Lipinski definition) is 7. The molecule has 2 rings (SSSR count). The molecule has 0 aromatic heterocycles. The smallest absolute Gasteiger partial charge is 0.429 e. The third-order valence-electron chi connectivity index (χ3n) is 3.00. The summed E-state index contributed by atoms with van der Waals surface area (Å²) in [6.45, 7) is 2.22. The average molecular weight is 379 g/mol. The summed E-state index contributed by atoms with van der Waals surface area (Å²) < 4.78 is 10.2. The van der Waals surface area contributed by atoms with E-state index in [9.17, 15) is 14.9 Å². The number of nitro benzene ring substituents is 1. The summed E-state index contributed by atoms with van der Waals surface area (Å²) >= 11 is 0. The van der Waals surface area contributed by atoms with Crippen molar-refractivity contribution in [2.75, 3.05) is 5.75 Å². The Balaban J connectivity index is 1.88. The highest BCUT2D eigenvalue weighted by molar-refractivity contribution is 8.76. The summed E-state index contributed by atoms with van der Waals surface area (Å²) in [7, 11) is 3.40. The lowest BCUT2D eigenvalue weighted by atomic mass is 10.2. The van der Waals surface area contributed by atoms with Gasteiger partial charge in [0.25, 0.3) is 5.69 Å². The van der Waals surface area contributed by atoms with Gasteiger partial charge in [0, 0.05) is 28.3 Å². The van der Waals surface area contributed by atoms with Crippen molar-refractivity contribution in [3.63, 3.8) is 0 Å². The second-order valence-electron chi connectivity index (χ2n) is 4.90. The maximum atomic E-state index is 11.8. The summed E-state index contributed by atoms with van der Waals surface area (Å²) in [5.41, 5.74) is 0.827. The van der Waals surface area contributed by atoms with Crippen LogP contribution in [0.15, 0.2) is 53.4 Å². The first-order chi connectivity index (χ1) is 12.1. The van der Waals surface area contributed by atoms with Crippen molar-refractivity contribution in [3.8, 4) is 5.75 Å². The topological polar surface area (TPSA) is 78.7 Å². The summed E-state index contributed by atoms with van der Waals surface area (Å²) in [6, 6.07) is 12.9. The van der Waals surface area contributed by atoms with Crippen LogP contribution in [0.5, 0.6) is 5.75 Å². The van der Waals surface area contributed by atoms with Gasteiger partial charge in [-0.15, -0.1) is 0 Å². The molecule has 25 heavy (non-hydrogen) atoms. The highest BCUT2D eigenvalue weighted by Gasteiger charge is 2.11. The van der Waals surface area contributed by atoms with E-state index in [0.717, 1.165) is 22.6 Å². The Morgan fingerprint density at radius 1 is 1.16 bits per heavy atom. The molecule has 0 heterocycles. The van der Waals surface area contributed by atoms with Gasteiger partial charge in [0.05, 0.1) is 4.92 Å². The predicted octanol–water partition coefficient (Wildman–Crippen LogP) is 5.46. The summed E-state index contributed by atoms with van der Waals surface area (Å²) in [5.74, 6) is 1.24. The number of nitrogens with zero attached hydrogens (tertiary/aromatic N) is 1. The number of non-ortho nitro benzene ring substituents is 1. The highest BCUT2D eigenvalue weighted by atomic mass is 33.1. The molecule has 0 saturated heterocycles. The van der Waals surface area contributed by atoms with Crippen molar-refractivity contribution in [2.45, 2.75) is 24.8 Å². The molecule has 0 unspecified atom stereocenters.